The highest BCUT2D eigenvalue weighted by atomic mass is 79.9. The zero-order valence-electron chi connectivity index (χ0n) is 10.8. The van der Waals surface area contributed by atoms with Gasteiger partial charge in [0.25, 0.3) is 0 Å². The van der Waals surface area contributed by atoms with Gasteiger partial charge in [0.2, 0.25) is 5.91 Å². The third-order valence-electron chi connectivity index (χ3n) is 2.70. The highest BCUT2D eigenvalue weighted by Gasteiger charge is 2.15. The Balaban J connectivity index is 2.45. The second-order valence-electron chi connectivity index (χ2n) is 4.62. The molecule has 0 saturated carbocycles. The average molecular weight is 362 g/mol. The van der Waals surface area contributed by atoms with Crippen LogP contribution in [0.2, 0.25) is 0 Å². The number of nitrogens with zero attached hydrogens (tertiary/aromatic N) is 1. The van der Waals surface area contributed by atoms with E-state index >= 15 is 0 Å². The molecule has 0 fully saturated rings. The van der Waals surface area contributed by atoms with E-state index in [9.17, 15) is 4.79 Å². The largest absolute Gasteiger partial charge is 0.301 e. The topological polar surface area (TPSA) is 42.0 Å². The number of thiazole rings is 1. The average Bonchev–Trinajstić information content (AvgIpc) is 2.69. The number of alkyl halides is 1. The molecule has 1 aromatic heterocycles. The van der Waals surface area contributed by atoms with Crippen LogP contribution < -0.4 is 5.32 Å². The van der Waals surface area contributed by atoms with Crippen molar-refractivity contribution in [1.82, 2.24) is 4.98 Å². The Labute approximate surface area is 129 Å². The van der Waals surface area contributed by atoms with E-state index in [1.165, 1.54) is 16.9 Å². The maximum atomic E-state index is 11.6. The first-order chi connectivity index (χ1) is 8.88. The maximum Gasteiger partial charge on any atom is 0.243 e. The van der Waals surface area contributed by atoms with Gasteiger partial charge in [0.15, 0.2) is 5.13 Å². The predicted octanol–water partition coefficient (Wildman–Crippen LogP) is 4.75. The van der Waals surface area contributed by atoms with Crippen LogP contribution in [0.5, 0.6) is 0 Å². The van der Waals surface area contributed by atoms with Crippen molar-refractivity contribution in [3.05, 3.63) is 22.2 Å². The Morgan fingerprint density at radius 2 is 2.11 bits per heavy atom. The standard InChI is InChI=1S/C13H14BrClN2OS/c1-6(2)9-4-8(14)5-10-11(9)16-13(19-10)17-12(18)7(3)15/h4-7H,1-3H3,(H,16,17,18)/t7-/m1/s1. The van der Waals surface area contributed by atoms with E-state index in [1.807, 2.05) is 6.07 Å². The molecule has 1 atom stereocenters. The number of hydrogen-bond donors (Lipinski definition) is 1. The summed E-state index contributed by atoms with van der Waals surface area (Å²) >= 11 is 10.7. The van der Waals surface area contributed by atoms with Gasteiger partial charge in [0.05, 0.1) is 10.2 Å². The lowest BCUT2D eigenvalue weighted by atomic mass is 10.0. The van der Waals surface area contributed by atoms with Gasteiger partial charge in [-0.05, 0) is 30.5 Å². The number of rotatable bonds is 3. The summed E-state index contributed by atoms with van der Waals surface area (Å²) in [5.74, 6) is 0.142. The van der Waals surface area contributed by atoms with E-state index in [0.29, 0.717) is 11.0 Å². The van der Waals surface area contributed by atoms with Gasteiger partial charge in [-0.2, -0.15) is 0 Å². The summed E-state index contributed by atoms with van der Waals surface area (Å²) < 4.78 is 2.08. The van der Waals surface area contributed by atoms with Crippen LogP contribution >= 0.6 is 38.9 Å². The highest BCUT2D eigenvalue weighted by Crippen LogP contribution is 2.34. The first-order valence-corrected chi connectivity index (χ1v) is 7.98. The summed E-state index contributed by atoms with van der Waals surface area (Å²) in [6.45, 7) is 5.89. The second-order valence-corrected chi connectivity index (χ2v) is 7.22. The summed E-state index contributed by atoms with van der Waals surface area (Å²) in [4.78, 5) is 16.1. The van der Waals surface area contributed by atoms with Crippen molar-refractivity contribution < 1.29 is 4.79 Å². The van der Waals surface area contributed by atoms with E-state index in [4.69, 9.17) is 11.6 Å². The number of halogens is 2. The van der Waals surface area contributed by atoms with Gasteiger partial charge in [-0.1, -0.05) is 41.1 Å². The van der Waals surface area contributed by atoms with Crippen LogP contribution in [0.1, 0.15) is 32.3 Å². The number of aromatic nitrogens is 1. The van der Waals surface area contributed by atoms with Crippen molar-refractivity contribution in [2.45, 2.75) is 32.1 Å². The molecule has 0 radical (unpaired) electrons. The van der Waals surface area contributed by atoms with E-state index in [0.717, 1.165) is 14.7 Å². The van der Waals surface area contributed by atoms with Crippen molar-refractivity contribution >= 4 is 60.1 Å². The molecule has 1 N–H and O–H groups in total. The van der Waals surface area contributed by atoms with Gasteiger partial charge >= 0.3 is 0 Å². The van der Waals surface area contributed by atoms with Crippen molar-refractivity contribution in [1.29, 1.82) is 0 Å². The lowest BCUT2D eigenvalue weighted by Crippen LogP contribution is -2.20. The third kappa shape index (κ3) is 3.27. The van der Waals surface area contributed by atoms with Crippen molar-refractivity contribution in [3.63, 3.8) is 0 Å². The van der Waals surface area contributed by atoms with E-state index in [2.05, 4.69) is 46.1 Å². The minimum Gasteiger partial charge on any atom is -0.301 e. The van der Waals surface area contributed by atoms with Gasteiger partial charge in [0, 0.05) is 4.47 Å². The Morgan fingerprint density at radius 1 is 1.42 bits per heavy atom. The fraction of sp³-hybridized carbons (Fsp3) is 0.385. The number of anilines is 1. The fourth-order valence-corrected chi connectivity index (χ4v) is 3.34. The van der Waals surface area contributed by atoms with Crippen LogP contribution in [0.4, 0.5) is 5.13 Å². The molecular formula is C13H14BrClN2OS. The number of carbonyl (C=O) groups excluding carboxylic acids is 1. The molecule has 0 aliphatic carbocycles. The number of hydrogen-bond acceptors (Lipinski definition) is 3. The molecule has 19 heavy (non-hydrogen) atoms. The van der Waals surface area contributed by atoms with Crippen molar-refractivity contribution in [2.24, 2.45) is 0 Å². The van der Waals surface area contributed by atoms with Crippen LogP contribution in [-0.2, 0) is 4.79 Å². The third-order valence-corrected chi connectivity index (χ3v) is 4.28. The van der Waals surface area contributed by atoms with Crippen LogP contribution in [0.15, 0.2) is 16.6 Å². The Morgan fingerprint density at radius 3 is 2.68 bits per heavy atom. The van der Waals surface area contributed by atoms with Crippen LogP contribution in [0.3, 0.4) is 0 Å². The number of amides is 1. The molecule has 2 aromatic rings. The maximum absolute atomic E-state index is 11.6. The molecule has 1 amide bonds. The number of benzene rings is 1. The normalized spacial score (nSPS) is 12.9. The lowest BCUT2D eigenvalue weighted by Gasteiger charge is -2.06. The van der Waals surface area contributed by atoms with Gasteiger partial charge < -0.3 is 5.32 Å². The summed E-state index contributed by atoms with van der Waals surface area (Å²) in [5.41, 5.74) is 2.11. The minimum absolute atomic E-state index is 0.231. The molecule has 2 rings (SSSR count). The first-order valence-electron chi connectivity index (χ1n) is 5.93. The van der Waals surface area contributed by atoms with Crippen LogP contribution in [0, 0.1) is 0 Å². The predicted molar refractivity (Wildman–Crippen MR) is 85.4 cm³/mol. The van der Waals surface area contributed by atoms with Gasteiger partial charge in [-0.3, -0.25) is 4.79 Å². The molecular weight excluding hydrogens is 348 g/mol. The van der Waals surface area contributed by atoms with Crippen molar-refractivity contribution in [3.8, 4) is 0 Å². The zero-order chi connectivity index (χ0) is 14.2. The monoisotopic (exact) mass is 360 g/mol. The number of carbonyl (C=O) groups is 1. The molecule has 1 aromatic carbocycles. The smallest absolute Gasteiger partial charge is 0.243 e. The summed E-state index contributed by atoms with van der Waals surface area (Å²) in [6, 6.07) is 4.08. The lowest BCUT2D eigenvalue weighted by molar-refractivity contribution is -0.115. The molecule has 0 saturated heterocycles. The number of fused-ring (bicyclic) bond motifs is 1. The Hall–Kier alpha value is -0.650. The summed E-state index contributed by atoms with van der Waals surface area (Å²) in [5, 5.41) is 2.76. The molecule has 0 aliphatic heterocycles. The molecule has 0 bridgehead atoms. The fourth-order valence-electron chi connectivity index (χ4n) is 1.72. The highest BCUT2D eigenvalue weighted by molar-refractivity contribution is 9.10. The number of nitrogens with one attached hydrogen (secondary N) is 1. The van der Waals surface area contributed by atoms with Gasteiger partial charge in [-0.25, -0.2) is 4.98 Å². The molecule has 1 heterocycles. The SMILES string of the molecule is CC(C)c1cc(Br)cc2sc(NC(=O)[C@@H](C)Cl)nc12. The van der Waals surface area contributed by atoms with Crippen LogP contribution in [0.25, 0.3) is 10.2 Å². The molecule has 3 nitrogen and oxygen atoms in total. The molecule has 102 valence electrons. The molecule has 0 spiro atoms. The molecule has 6 heteroatoms. The Bertz CT molecular complexity index is 624. The minimum atomic E-state index is -0.566. The second kappa shape index (κ2) is 5.77. The first kappa shape index (κ1) is 14.8. The summed E-state index contributed by atoms with van der Waals surface area (Å²) in [6.07, 6.45) is 0. The summed E-state index contributed by atoms with van der Waals surface area (Å²) in [7, 11) is 0. The van der Waals surface area contributed by atoms with Crippen molar-refractivity contribution in [2.75, 3.05) is 5.32 Å². The quantitative estimate of drug-likeness (QED) is 0.802. The molecule has 0 unspecified atom stereocenters. The van der Waals surface area contributed by atoms with E-state index < -0.39 is 5.38 Å². The molecule has 0 aliphatic rings. The zero-order valence-corrected chi connectivity index (χ0v) is 14.0. The van der Waals surface area contributed by atoms with Gasteiger partial charge in [0.1, 0.15) is 5.38 Å². The van der Waals surface area contributed by atoms with E-state index in [1.54, 1.807) is 6.92 Å². The van der Waals surface area contributed by atoms with Gasteiger partial charge in [-0.15, -0.1) is 11.6 Å². The Kier molecular flexibility index (Phi) is 4.48. The van der Waals surface area contributed by atoms with Crippen LogP contribution in [-0.4, -0.2) is 16.3 Å². The van der Waals surface area contributed by atoms with E-state index in [-0.39, 0.29) is 5.91 Å².